The summed E-state index contributed by atoms with van der Waals surface area (Å²) in [6, 6.07) is 10.1. The maximum absolute atomic E-state index is 12.6. The number of halogens is 1. The van der Waals surface area contributed by atoms with Gasteiger partial charge in [-0.25, -0.2) is 17.9 Å². The number of sulfonamides is 1. The average Bonchev–Trinajstić information content (AvgIpc) is 2.95. The van der Waals surface area contributed by atoms with Crippen molar-refractivity contribution in [1.29, 1.82) is 0 Å². The van der Waals surface area contributed by atoms with Crippen LogP contribution < -0.4 is 15.2 Å². The second-order valence-electron chi connectivity index (χ2n) is 5.86. The van der Waals surface area contributed by atoms with Gasteiger partial charge in [0.25, 0.3) is 0 Å². The van der Waals surface area contributed by atoms with Crippen molar-refractivity contribution in [3.63, 3.8) is 0 Å². The Bertz CT molecular complexity index is 1120. The summed E-state index contributed by atoms with van der Waals surface area (Å²) in [5, 5.41) is 0.0300. The van der Waals surface area contributed by atoms with Crippen LogP contribution >= 0.6 is 11.6 Å². The van der Waals surface area contributed by atoms with Crippen molar-refractivity contribution >= 4 is 32.7 Å². The van der Waals surface area contributed by atoms with Crippen LogP contribution in [0.25, 0.3) is 11.1 Å². The molecule has 9 heteroatoms. The predicted octanol–water partition coefficient (Wildman–Crippen LogP) is 2.80. The molecule has 7 nitrogen and oxygen atoms in total. The molecule has 0 spiro atoms. The molecule has 144 valence electrons. The Morgan fingerprint density at radius 1 is 1.22 bits per heavy atom. The number of hydrogen-bond acceptors (Lipinski definition) is 5. The van der Waals surface area contributed by atoms with E-state index in [4.69, 9.17) is 20.8 Å². The SMILES string of the molecule is CCn1c(=O)oc2cc(S(=O)(=O)NCCc3ccc(OC)cc3)c(Cl)cc21. The number of hydrogen-bond donors (Lipinski definition) is 1. The van der Waals surface area contributed by atoms with Gasteiger partial charge in [0.1, 0.15) is 10.6 Å². The number of oxazole rings is 1. The van der Waals surface area contributed by atoms with Gasteiger partial charge in [-0.3, -0.25) is 4.57 Å². The summed E-state index contributed by atoms with van der Waals surface area (Å²) in [6.07, 6.45) is 0.504. The van der Waals surface area contributed by atoms with Crippen LogP contribution in [0, 0.1) is 0 Å². The van der Waals surface area contributed by atoms with Gasteiger partial charge in [-0.1, -0.05) is 23.7 Å². The highest BCUT2D eigenvalue weighted by atomic mass is 35.5. The van der Waals surface area contributed by atoms with Gasteiger partial charge in [0, 0.05) is 19.2 Å². The van der Waals surface area contributed by atoms with Crippen LogP contribution in [0.4, 0.5) is 0 Å². The van der Waals surface area contributed by atoms with Crippen molar-refractivity contribution in [2.45, 2.75) is 24.8 Å². The first-order valence-corrected chi connectivity index (χ1v) is 10.2. The highest BCUT2D eigenvalue weighted by Crippen LogP contribution is 2.27. The monoisotopic (exact) mass is 410 g/mol. The summed E-state index contributed by atoms with van der Waals surface area (Å²) in [6.45, 7) is 2.38. The van der Waals surface area contributed by atoms with Crippen LogP contribution in [0.15, 0.2) is 50.5 Å². The minimum absolute atomic E-state index is 0.0300. The molecule has 0 radical (unpaired) electrons. The van der Waals surface area contributed by atoms with Crippen LogP contribution in [0.1, 0.15) is 12.5 Å². The van der Waals surface area contributed by atoms with E-state index in [1.807, 2.05) is 24.3 Å². The normalized spacial score (nSPS) is 11.8. The van der Waals surface area contributed by atoms with Crippen molar-refractivity contribution in [1.82, 2.24) is 9.29 Å². The van der Waals surface area contributed by atoms with Gasteiger partial charge < -0.3 is 9.15 Å². The zero-order valence-electron chi connectivity index (χ0n) is 14.9. The number of fused-ring (bicyclic) bond motifs is 1. The van der Waals surface area contributed by atoms with Crippen LogP contribution in [0.2, 0.25) is 5.02 Å². The summed E-state index contributed by atoms with van der Waals surface area (Å²) < 4.78 is 39.3. The zero-order valence-corrected chi connectivity index (χ0v) is 16.4. The van der Waals surface area contributed by atoms with Crippen molar-refractivity contribution in [3.05, 3.63) is 57.5 Å². The lowest BCUT2D eigenvalue weighted by Gasteiger charge is -2.09. The Morgan fingerprint density at radius 3 is 2.56 bits per heavy atom. The highest BCUT2D eigenvalue weighted by Gasteiger charge is 2.21. The van der Waals surface area contributed by atoms with Gasteiger partial charge in [0.15, 0.2) is 5.58 Å². The number of rotatable bonds is 7. The first kappa shape index (κ1) is 19.5. The molecule has 0 aliphatic heterocycles. The van der Waals surface area contributed by atoms with Gasteiger partial charge in [-0.15, -0.1) is 0 Å². The van der Waals surface area contributed by atoms with Gasteiger partial charge >= 0.3 is 5.76 Å². The molecule has 2 aromatic carbocycles. The highest BCUT2D eigenvalue weighted by molar-refractivity contribution is 7.89. The molecule has 1 aromatic heterocycles. The van der Waals surface area contributed by atoms with E-state index in [-0.39, 0.29) is 22.0 Å². The summed E-state index contributed by atoms with van der Waals surface area (Å²) >= 11 is 6.17. The molecule has 0 saturated carbocycles. The first-order valence-electron chi connectivity index (χ1n) is 8.31. The van der Waals surface area contributed by atoms with Gasteiger partial charge in [-0.2, -0.15) is 0 Å². The number of nitrogens with one attached hydrogen (secondary N) is 1. The van der Waals surface area contributed by atoms with Crippen LogP contribution in [-0.4, -0.2) is 26.6 Å². The summed E-state index contributed by atoms with van der Waals surface area (Å²) in [4.78, 5) is 11.7. The third-order valence-electron chi connectivity index (χ3n) is 4.19. The largest absolute Gasteiger partial charge is 0.497 e. The molecule has 0 unspecified atom stereocenters. The smallest absolute Gasteiger partial charge is 0.419 e. The molecule has 1 heterocycles. The van der Waals surface area contributed by atoms with E-state index < -0.39 is 15.8 Å². The van der Waals surface area contributed by atoms with E-state index in [9.17, 15) is 13.2 Å². The molecule has 1 N–H and O–H groups in total. The van der Waals surface area contributed by atoms with E-state index in [0.717, 1.165) is 11.3 Å². The number of nitrogens with zero attached hydrogens (tertiary/aromatic N) is 1. The molecule has 0 fully saturated rings. The molecular formula is C18H19ClN2O5S. The summed E-state index contributed by atoms with van der Waals surface area (Å²) in [7, 11) is -2.27. The number of ether oxygens (including phenoxy) is 1. The fourth-order valence-corrected chi connectivity index (χ4v) is 4.34. The van der Waals surface area contributed by atoms with E-state index >= 15 is 0 Å². The molecule has 0 aliphatic carbocycles. The summed E-state index contributed by atoms with van der Waals surface area (Å²) in [5.41, 5.74) is 1.61. The van der Waals surface area contributed by atoms with Crippen LogP contribution in [0.3, 0.4) is 0 Å². The number of aryl methyl sites for hydroxylation is 1. The van der Waals surface area contributed by atoms with Gasteiger partial charge in [0.2, 0.25) is 10.0 Å². The van der Waals surface area contributed by atoms with E-state index in [1.165, 1.54) is 16.7 Å². The number of methoxy groups -OCH3 is 1. The van der Waals surface area contributed by atoms with Crippen molar-refractivity contribution in [2.24, 2.45) is 0 Å². The fraction of sp³-hybridized carbons (Fsp3) is 0.278. The predicted molar refractivity (Wildman–Crippen MR) is 103 cm³/mol. The van der Waals surface area contributed by atoms with Crippen LogP contribution in [-0.2, 0) is 23.0 Å². The van der Waals surface area contributed by atoms with Gasteiger partial charge in [-0.05, 0) is 37.1 Å². The Labute approximate surface area is 161 Å². The minimum Gasteiger partial charge on any atom is -0.497 e. The fourth-order valence-electron chi connectivity index (χ4n) is 2.77. The Kier molecular flexibility index (Phi) is 5.59. The zero-order chi connectivity index (χ0) is 19.6. The number of aromatic nitrogens is 1. The topological polar surface area (TPSA) is 90.5 Å². The molecule has 27 heavy (non-hydrogen) atoms. The lowest BCUT2D eigenvalue weighted by atomic mass is 10.1. The van der Waals surface area contributed by atoms with Crippen molar-refractivity contribution in [2.75, 3.05) is 13.7 Å². The molecule has 3 rings (SSSR count). The maximum atomic E-state index is 12.6. The molecule has 3 aromatic rings. The third kappa shape index (κ3) is 4.02. The minimum atomic E-state index is -3.85. The molecule has 0 atom stereocenters. The molecule has 0 aliphatic rings. The van der Waals surface area contributed by atoms with Crippen LogP contribution in [0.5, 0.6) is 5.75 Å². The standard InChI is InChI=1S/C18H19ClN2O5S/c1-3-21-15-10-14(19)17(11-16(15)26-18(21)22)27(23,24)20-9-8-12-4-6-13(25-2)7-5-12/h4-7,10-11,20H,3,8-9H2,1-2H3. The Hall–Kier alpha value is -2.29. The van der Waals surface area contributed by atoms with E-state index in [1.54, 1.807) is 14.0 Å². The average molecular weight is 411 g/mol. The van der Waals surface area contributed by atoms with Crippen molar-refractivity contribution in [3.8, 4) is 5.75 Å². The van der Waals surface area contributed by atoms with Gasteiger partial charge in [0.05, 0.1) is 17.6 Å². The number of benzene rings is 2. The van der Waals surface area contributed by atoms with Crippen molar-refractivity contribution < 1.29 is 17.6 Å². The molecule has 0 saturated heterocycles. The second kappa shape index (κ2) is 7.75. The first-order chi connectivity index (χ1) is 12.9. The molecule has 0 bridgehead atoms. The summed E-state index contributed by atoms with van der Waals surface area (Å²) in [5.74, 6) is 0.186. The van der Waals surface area contributed by atoms with E-state index in [0.29, 0.717) is 18.5 Å². The molecule has 0 amide bonds. The second-order valence-corrected chi connectivity index (χ2v) is 8.00. The Morgan fingerprint density at radius 2 is 1.93 bits per heavy atom. The lowest BCUT2D eigenvalue weighted by molar-refractivity contribution is 0.414. The van der Waals surface area contributed by atoms with E-state index in [2.05, 4.69) is 4.72 Å². The quantitative estimate of drug-likeness (QED) is 0.646. The molecular weight excluding hydrogens is 392 g/mol. The maximum Gasteiger partial charge on any atom is 0.419 e. The lowest BCUT2D eigenvalue weighted by Crippen LogP contribution is -2.26. The Balaban J connectivity index is 1.79. The third-order valence-corrected chi connectivity index (χ3v) is 6.12.